The number of hydrogen-bond donors (Lipinski definition) is 2. The normalized spacial score (nSPS) is 22.1. The highest BCUT2D eigenvalue weighted by Crippen LogP contribution is 2.41. The maximum atomic E-state index is 14.2. The number of urea groups is 1. The molecule has 3 heterocycles. The summed E-state index contributed by atoms with van der Waals surface area (Å²) in [7, 11) is 1.62. The lowest BCUT2D eigenvalue weighted by molar-refractivity contribution is 0.0220. The molecule has 3 amide bonds. The SMILES string of the molecule is COCCN1C[C@@H](NC(=O)Nc2c(Br)c([C@H]3CCCN3C(=O)OC(C)(C)C)nn2C2=CCCC=C2)[C@H](c2ccc(F)c(F)c2)C1. The van der Waals surface area contributed by atoms with Crippen molar-refractivity contribution in [3.63, 3.8) is 0 Å². The molecular formula is C32H41BrF2N6O4. The first-order chi connectivity index (χ1) is 21.4. The van der Waals surface area contributed by atoms with E-state index >= 15 is 0 Å². The van der Waals surface area contributed by atoms with Crippen molar-refractivity contribution in [1.29, 1.82) is 0 Å². The monoisotopic (exact) mass is 690 g/mol. The number of amides is 3. The van der Waals surface area contributed by atoms with Gasteiger partial charge in [-0.25, -0.2) is 23.1 Å². The van der Waals surface area contributed by atoms with Crippen LogP contribution in [0.15, 0.2) is 40.9 Å². The number of hydrogen-bond acceptors (Lipinski definition) is 6. The molecule has 3 atom stereocenters. The lowest BCUT2D eigenvalue weighted by atomic mass is 9.94. The van der Waals surface area contributed by atoms with E-state index < -0.39 is 29.4 Å². The molecule has 2 aliphatic heterocycles. The second-order valence-corrected chi connectivity index (χ2v) is 13.4. The Balaban J connectivity index is 1.41. The predicted octanol–water partition coefficient (Wildman–Crippen LogP) is 6.42. The quantitative estimate of drug-likeness (QED) is 0.332. The summed E-state index contributed by atoms with van der Waals surface area (Å²) in [5.41, 5.74) is 1.39. The summed E-state index contributed by atoms with van der Waals surface area (Å²) in [5, 5.41) is 11.0. The zero-order valence-electron chi connectivity index (χ0n) is 26.1. The summed E-state index contributed by atoms with van der Waals surface area (Å²) >= 11 is 3.70. The standard InChI is InChI=1S/C32H41BrF2N6O4/c1-32(2,3)45-31(43)40-14-8-11-26(40)28-27(33)29(41(38-28)21-9-6-5-7-10-21)37-30(42)36-25-19-39(15-16-44-4)18-22(25)20-12-13-23(34)24(35)17-20/h6,9-10,12-13,17,22,25-26H,5,7-8,11,14-16,18-19H2,1-4H3,(H2,36,37,42)/t22-,25+,26+/m0/s1. The van der Waals surface area contributed by atoms with E-state index in [0.29, 0.717) is 60.8 Å². The highest BCUT2D eigenvalue weighted by molar-refractivity contribution is 9.10. The van der Waals surface area contributed by atoms with Gasteiger partial charge in [0.1, 0.15) is 11.3 Å². The Morgan fingerprint density at radius 1 is 1.16 bits per heavy atom. The molecule has 2 fully saturated rings. The number of allylic oxidation sites excluding steroid dienone is 4. The van der Waals surface area contributed by atoms with Crippen molar-refractivity contribution in [3.8, 4) is 0 Å². The van der Waals surface area contributed by atoms with Crippen molar-refractivity contribution in [1.82, 2.24) is 24.9 Å². The molecule has 2 aromatic rings. The van der Waals surface area contributed by atoms with Crippen molar-refractivity contribution in [2.24, 2.45) is 0 Å². The second-order valence-electron chi connectivity index (χ2n) is 12.6. The number of methoxy groups -OCH3 is 1. The van der Waals surface area contributed by atoms with Gasteiger partial charge in [0.2, 0.25) is 0 Å². The Morgan fingerprint density at radius 3 is 2.64 bits per heavy atom. The summed E-state index contributed by atoms with van der Waals surface area (Å²) in [6.07, 6.45) is 8.88. The number of nitrogens with one attached hydrogen (secondary N) is 2. The van der Waals surface area contributed by atoms with Crippen LogP contribution in [-0.4, -0.2) is 83.2 Å². The number of carbonyl (C=O) groups excluding carboxylic acids is 2. The van der Waals surface area contributed by atoms with Crippen LogP contribution in [-0.2, 0) is 9.47 Å². The third-order valence-electron chi connectivity index (χ3n) is 8.20. The fourth-order valence-corrected chi connectivity index (χ4v) is 6.71. The van der Waals surface area contributed by atoms with Gasteiger partial charge < -0.3 is 14.8 Å². The van der Waals surface area contributed by atoms with Crippen LogP contribution in [0.1, 0.15) is 69.7 Å². The molecule has 0 saturated carbocycles. The van der Waals surface area contributed by atoms with Gasteiger partial charge in [-0.3, -0.25) is 15.1 Å². The van der Waals surface area contributed by atoms with E-state index in [1.165, 1.54) is 6.07 Å². The van der Waals surface area contributed by atoms with Gasteiger partial charge in [0.05, 0.1) is 28.9 Å². The summed E-state index contributed by atoms with van der Waals surface area (Å²) in [4.78, 5) is 30.6. The van der Waals surface area contributed by atoms with Gasteiger partial charge in [0, 0.05) is 39.2 Å². The molecule has 0 unspecified atom stereocenters. The number of likely N-dealkylation sites (tertiary alicyclic amines) is 2. The van der Waals surface area contributed by atoms with Crippen molar-refractivity contribution in [3.05, 3.63) is 63.8 Å². The van der Waals surface area contributed by atoms with E-state index in [2.05, 4.69) is 43.6 Å². The highest BCUT2D eigenvalue weighted by Gasteiger charge is 2.38. The van der Waals surface area contributed by atoms with Crippen LogP contribution in [0.4, 0.5) is 24.2 Å². The number of ether oxygens (including phenoxy) is 2. The van der Waals surface area contributed by atoms with Gasteiger partial charge in [-0.15, -0.1) is 0 Å². The Labute approximate surface area is 270 Å². The van der Waals surface area contributed by atoms with Gasteiger partial charge in [-0.05, 0) is 86.2 Å². The fraction of sp³-hybridized carbons (Fsp3) is 0.531. The number of nitrogens with zero attached hydrogens (tertiary/aromatic N) is 4. The maximum Gasteiger partial charge on any atom is 0.410 e. The third-order valence-corrected chi connectivity index (χ3v) is 8.98. The minimum atomic E-state index is -0.924. The van der Waals surface area contributed by atoms with E-state index in [1.807, 2.05) is 26.8 Å². The van der Waals surface area contributed by atoms with E-state index in [1.54, 1.807) is 22.8 Å². The molecule has 13 heteroatoms. The molecule has 2 saturated heterocycles. The molecule has 1 aliphatic carbocycles. The first-order valence-corrected chi connectivity index (χ1v) is 16.1. The Kier molecular flexibility index (Phi) is 10.3. The molecule has 45 heavy (non-hydrogen) atoms. The van der Waals surface area contributed by atoms with Crippen LogP contribution < -0.4 is 10.6 Å². The first kappa shape index (κ1) is 33.1. The van der Waals surface area contributed by atoms with Gasteiger partial charge in [0.15, 0.2) is 17.5 Å². The molecule has 0 bridgehead atoms. The van der Waals surface area contributed by atoms with Crippen LogP contribution >= 0.6 is 15.9 Å². The number of anilines is 1. The average Bonchev–Trinajstić information content (AvgIpc) is 3.71. The maximum absolute atomic E-state index is 14.2. The summed E-state index contributed by atoms with van der Waals surface area (Å²) in [6, 6.07) is 2.69. The molecule has 0 spiro atoms. The highest BCUT2D eigenvalue weighted by atomic mass is 79.9. The number of carbonyl (C=O) groups is 2. The van der Waals surface area contributed by atoms with Gasteiger partial charge in [-0.2, -0.15) is 5.10 Å². The molecular weight excluding hydrogens is 650 g/mol. The molecule has 3 aliphatic rings. The zero-order chi connectivity index (χ0) is 32.3. The zero-order valence-corrected chi connectivity index (χ0v) is 27.7. The first-order valence-electron chi connectivity index (χ1n) is 15.3. The minimum absolute atomic E-state index is 0.267. The van der Waals surface area contributed by atoms with Gasteiger partial charge in [0.25, 0.3) is 0 Å². The predicted molar refractivity (Wildman–Crippen MR) is 171 cm³/mol. The molecule has 1 aromatic heterocycles. The van der Waals surface area contributed by atoms with Gasteiger partial charge >= 0.3 is 12.1 Å². The van der Waals surface area contributed by atoms with Crippen LogP contribution in [0.25, 0.3) is 5.70 Å². The Hall–Kier alpha value is -3.29. The van der Waals surface area contributed by atoms with E-state index in [-0.39, 0.29) is 18.0 Å². The lowest BCUT2D eigenvalue weighted by Crippen LogP contribution is -2.42. The number of benzene rings is 1. The van der Waals surface area contributed by atoms with Crippen molar-refractivity contribution >= 4 is 39.6 Å². The summed E-state index contributed by atoms with van der Waals surface area (Å²) in [5.74, 6) is -1.68. The fourth-order valence-electron chi connectivity index (χ4n) is 6.10. The number of rotatable bonds is 8. The van der Waals surface area contributed by atoms with E-state index in [4.69, 9.17) is 14.6 Å². The Bertz CT molecular complexity index is 1470. The molecule has 5 rings (SSSR count). The van der Waals surface area contributed by atoms with Crippen LogP contribution in [0.5, 0.6) is 0 Å². The van der Waals surface area contributed by atoms with E-state index in [9.17, 15) is 18.4 Å². The average molecular weight is 692 g/mol. The molecule has 10 nitrogen and oxygen atoms in total. The molecule has 2 N–H and O–H groups in total. The molecule has 1 aromatic carbocycles. The smallest absolute Gasteiger partial charge is 0.410 e. The number of aromatic nitrogens is 2. The van der Waals surface area contributed by atoms with Crippen LogP contribution in [0.3, 0.4) is 0 Å². The third kappa shape index (κ3) is 7.75. The summed E-state index contributed by atoms with van der Waals surface area (Å²) in [6.45, 7) is 8.23. The molecule has 244 valence electrons. The van der Waals surface area contributed by atoms with Crippen molar-refractivity contribution < 1.29 is 27.8 Å². The van der Waals surface area contributed by atoms with E-state index in [0.717, 1.165) is 31.0 Å². The van der Waals surface area contributed by atoms with Crippen molar-refractivity contribution in [2.75, 3.05) is 45.2 Å². The van der Waals surface area contributed by atoms with Crippen molar-refractivity contribution in [2.45, 2.75) is 70.1 Å². The largest absolute Gasteiger partial charge is 0.444 e. The second kappa shape index (κ2) is 14.0. The van der Waals surface area contributed by atoms with Gasteiger partial charge in [-0.1, -0.05) is 18.2 Å². The molecule has 0 radical (unpaired) electrons. The topological polar surface area (TPSA) is 101 Å². The summed E-state index contributed by atoms with van der Waals surface area (Å²) < 4.78 is 41.1. The lowest BCUT2D eigenvalue weighted by Gasteiger charge is -2.28. The minimum Gasteiger partial charge on any atom is -0.444 e. The van der Waals surface area contributed by atoms with Crippen LogP contribution in [0, 0.1) is 11.6 Å². The Morgan fingerprint density at radius 2 is 1.96 bits per heavy atom. The number of halogens is 3. The van der Waals surface area contributed by atoms with Crippen LogP contribution in [0.2, 0.25) is 0 Å².